The Kier molecular flexibility index (Phi) is 5.98. The molecule has 2 rings (SSSR count). The Hall–Kier alpha value is -1.39. The summed E-state index contributed by atoms with van der Waals surface area (Å²) >= 11 is 0. The first-order valence-corrected chi connectivity index (χ1v) is 8.29. The SMILES string of the molecule is Cc1cccc(C)c1NC(=O)C(O)[C@H](N)CC1CCCCC1. The van der Waals surface area contributed by atoms with Gasteiger partial charge in [0.2, 0.25) is 0 Å². The monoisotopic (exact) mass is 304 g/mol. The van der Waals surface area contributed by atoms with Gasteiger partial charge in [0.15, 0.2) is 0 Å². The Labute approximate surface area is 133 Å². The fourth-order valence-electron chi connectivity index (χ4n) is 3.34. The molecule has 0 radical (unpaired) electrons. The van der Waals surface area contributed by atoms with Crippen molar-refractivity contribution < 1.29 is 9.90 Å². The molecule has 1 fully saturated rings. The average Bonchev–Trinajstić information content (AvgIpc) is 2.51. The van der Waals surface area contributed by atoms with Crippen molar-refractivity contribution in [2.45, 2.75) is 64.5 Å². The molecule has 1 aliphatic carbocycles. The van der Waals surface area contributed by atoms with Gasteiger partial charge in [0.1, 0.15) is 6.10 Å². The molecule has 0 bridgehead atoms. The quantitative estimate of drug-likeness (QED) is 0.783. The minimum absolute atomic E-state index is 0.402. The molecule has 2 atom stereocenters. The number of hydrogen-bond donors (Lipinski definition) is 3. The molecule has 1 aromatic carbocycles. The first kappa shape index (κ1) is 17.0. The molecule has 1 saturated carbocycles. The van der Waals surface area contributed by atoms with E-state index in [-0.39, 0.29) is 0 Å². The highest BCUT2D eigenvalue weighted by atomic mass is 16.3. The van der Waals surface area contributed by atoms with Crippen molar-refractivity contribution in [2.24, 2.45) is 11.7 Å². The number of nitrogens with one attached hydrogen (secondary N) is 1. The minimum atomic E-state index is -1.15. The Morgan fingerprint density at radius 3 is 2.45 bits per heavy atom. The van der Waals surface area contributed by atoms with Crippen LogP contribution in [0.25, 0.3) is 0 Å². The van der Waals surface area contributed by atoms with Crippen LogP contribution in [0.1, 0.15) is 49.7 Å². The van der Waals surface area contributed by atoms with Gasteiger partial charge in [-0.25, -0.2) is 0 Å². The number of carbonyl (C=O) groups is 1. The molecular weight excluding hydrogens is 276 g/mol. The lowest BCUT2D eigenvalue weighted by molar-refractivity contribution is -0.125. The second kappa shape index (κ2) is 7.75. The molecule has 0 aliphatic heterocycles. The third-order valence-corrected chi connectivity index (χ3v) is 4.73. The molecular formula is C18H28N2O2. The summed E-state index contributed by atoms with van der Waals surface area (Å²) in [6, 6.07) is 5.34. The van der Waals surface area contributed by atoms with E-state index in [0.29, 0.717) is 5.92 Å². The van der Waals surface area contributed by atoms with Crippen LogP contribution < -0.4 is 11.1 Å². The summed E-state index contributed by atoms with van der Waals surface area (Å²) in [5, 5.41) is 13.1. The van der Waals surface area contributed by atoms with Crippen molar-refractivity contribution in [3.8, 4) is 0 Å². The number of aliphatic hydroxyl groups is 1. The van der Waals surface area contributed by atoms with Crippen LogP contribution in [0.5, 0.6) is 0 Å². The maximum Gasteiger partial charge on any atom is 0.254 e. The maximum absolute atomic E-state index is 12.3. The first-order chi connectivity index (χ1) is 10.5. The molecule has 0 saturated heterocycles. The zero-order valence-corrected chi connectivity index (χ0v) is 13.6. The zero-order chi connectivity index (χ0) is 16.1. The number of aliphatic hydroxyl groups excluding tert-OH is 1. The van der Waals surface area contributed by atoms with Gasteiger partial charge in [-0.1, -0.05) is 50.3 Å². The van der Waals surface area contributed by atoms with Crippen LogP contribution in [0.4, 0.5) is 5.69 Å². The normalized spacial score (nSPS) is 18.7. The van der Waals surface area contributed by atoms with Gasteiger partial charge in [0.25, 0.3) is 5.91 Å². The fourth-order valence-corrected chi connectivity index (χ4v) is 3.34. The third-order valence-electron chi connectivity index (χ3n) is 4.73. The molecule has 0 spiro atoms. The van der Waals surface area contributed by atoms with Crippen LogP contribution in [0, 0.1) is 19.8 Å². The van der Waals surface area contributed by atoms with Crippen LogP contribution in [0.3, 0.4) is 0 Å². The van der Waals surface area contributed by atoms with E-state index in [1.54, 1.807) is 0 Å². The lowest BCUT2D eigenvalue weighted by Gasteiger charge is -2.26. The highest BCUT2D eigenvalue weighted by molar-refractivity contribution is 5.95. The number of nitrogens with two attached hydrogens (primary N) is 1. The van der Waals surface area contributed by atoms with Crippen LogP contribution in [-0.2, 0) is 4.79 Å². The summed E-state index contributed by atoms with van der Waals surface area (Å²) in [6.45, 7) is 3.88. The van der Waals surface area contributed by atoms with Gasteiger partial charge >= 0.3 is 0 Å². The summed E-state index contributed by atoms with van der Waals surface area (Å²) < 4.78 is 0. The number of hydrogen-bond acceptors (Lipinski definition) is 3. The summed E-state index contributed by atoms with van der Waals surface area (Å²) in [7, 11) is 0. The molecule has 1 aliphatic rings. The van der Waals surface area contributed by atoms with Gasteiger partial charge in [-0.2, -0.15) is 0 Å². The van der Waals surface area contributed by atoms with Crippen molar-refractivity contribution in [1.82, 2.24) is 0 Å². The van der Waals surface area contributed by atoms with Crippen LogP contribution in [0.2, 0.25) is 0 Å². The summed E-state index contributed by atoms with van der Waals surface area (Å²) in [6.07, 6.45) is 5.67. The van der Waals surface area contributed by atoms with E-state index in [4.69, 9.17) is 5.73 Å². The van der Waals surface area contributed by atoms with Crippen molar-refractivity contribution >= 4 is 11.6 Å². The largest absolute Gasteiger partial charge is 0.382 e. The van der Waals surface area contributed by atoms with Crippen LogP contribution in [-0.4, -0.2) is 23.2 Å². The molecule has 1 amide bonds. The average molecular weight is 304 g/mol. The van der Waals surface area contributed by atoms with Crippen molar-refractivity contribution in [1.29, 1.82) is 0 Å². The van der Waals surface area contributed by atoms with E-state index in [1.807, 2.05) is 32.0 Å². The third kappa shape index (κ3) is 4.31. The molecule has 1 unspecified atom stereocenters. The maximum atomic E-state index is 12.3. The molecule has 0 aromatic heterocycles. The van der Waals surface area contributed by atoms with E-state index in [1.165, 1.54) is 32.1 Å². The second-order valence-electron chi connectivity index (χ2n) is 6.60. The predicted molar refractivity (Wildman–Crippen MR) is 89.7 cm³/mol. The van der Waals surface area contributed by atoms with Gasteiger partial charge in [-0.3, -0.25) is 4.79 Å². The number of para-hydroxylation sites is 1. The van der Waals surface area contributed by atoms with E-state index in [9.17, 15) is 9.90 Å². The van der Waals surface area contributed by atoms with Gasteiger partial charge in [-0.05, 0) is 37.3 Å². The molecule has 4 heteroatoms. The van der Waals surface area contributed by atoms with Gasteiger partial charge in [0.05, 0.1) is 0 Å². The fraction of sp³-hybridized carbons (Fsp3) is 0.611. The van der Waals surface area contributed by atoms with E-state index >= 15 is 0 Å². The summed E-state index contributed by atoms with van der Waals surface area (Å²) in [5.74, 6) is 0.145. The van der Waals surface area contributed by atoms with E-state index in [0.717, 1.165) is 23.2 Å². The molecule has 1 aromatic rings. The summed E-state index contributed by atoms with van der Waals surface area (Å²) in [4.78, 5) is 12.3. The topological polar surface area (TPSA) is 75.3 Å². The Morgan fingerprint density at radius 1 is 1.27 bits per heavy atom. The molecule has 22 heavy (non-hydrogen) atoms. The molecule has 4 nitrogen and oxygen atoms in total. The number of amides is 1. The number of anilines is 1. The minimum Gasteiger partial charge on any atom is -0.382 e. The highest BCUT2D eigenvalue weighted by Gasteiger charge is 2.27. The smallest absolute Gasteiger partial charge is 0.254 e. The van der Waals surface area contributed by atoms with E-state index < -0.39 is 18.1 Å². The zero-order valence-electron chi connectivity index (χ0n) is 13.6. The molecule has 4 N–H and O–H groups in total. The number of rotatable bonds is 5. The number of carbonyl (C=O) groups excluding carboxylic acids is 1. The summed E-state index contributed by atoms with van der Waals surface area (Å²) in [5.41, 5.74) is 8.82. The Balaban J connectivity index is 1.93. The Morgan fingerprint density at radius 2 is 1.86 bits per heavy atom. The van der Waals surface area contributed by atoms with Crippen LogP contribution >= 0.6 is 0 Å². The first-order valence-electron chi connectivity index (χ1n) is 8.29. The standard InChI is InChI=1S/C18H28N2O2/c1-12-7-6-8-13(2)16(12)20-18(22)17(21)15(19)11-14-9-4-3-5-10-14/h6-8,14-15,17,21H,3-5,9-11,19H2,1-2H3,(H,20,22)/t15-,17?/m1/s1. The van der Waals surface area contributed by atoms with Crippen molar-refractivity contribution in [2.75, 3.05) is 5.32 Å². The van der Waals surface area contributed by atoms with Gasteiger partial charge in [0, 0.05) is 11.7 Å². The van der Waals surface area contributed by atoms with Crippen molar-refractivity contribution in [3.05, 3.63) is 29.3 Å². The van der Waals surface area contributed by atoms with Gasteiger partial charge < -0.3 is 16.2 Å². The van der Waals surface area contributed by atoms with Crippen molar-refractivity contribution in [3.63, 3.8) is 0 Å². The predicted octanol–water partition coefficient (Wildman–Crippen LogP) is 2.90. The number of benzene rings is 1. The van der Waals surface area contributed by atoms with Crippen LogP contribution in [0.15, 0.2) is 18.2 Å². The lowest BCUT2D eigenvalue weighted by Crippen LogP contribution is -2.44. The molecule has 0 heterocycles. The van der Waals surface area contributed by atoms with E-state index in [2.05, 4.69) is 5.32 Å². The highest BCUT2D eigenvalue weighted by Crippen LogP contribution is 2.28. The number of aryl methyl sites for hydroxylation is 2. The second-order valence-corrected chi connectivity index (χ2v) is 6.60. The van der Waals surface area contributed by atoms with Gasteiger partial charge in [-0.15, -0.1) is 0 Å². The Bertz CT molecular complexity index is 490. The lowest BCUT2D eigenvalue weighted by atomic mass is 9.84. The molecule has 122 valence electrons.